The van der Waals surface area contributed by atoms with Gasteiger partial charge in [0.2, 0.25) is 0 Å². The molecule has 148 valence electrons. The summed E-state index contributed by atoms with van der Waals surface area (Å²) >= 11 is 5.74. The van der Waals surface area contributed by atoms with Crippen LogP contribution in [0.5, 0.6) is 17.2 Å². The normalized spacial score (nSPS) is 10.1. The van der Waals surface area contributed by atoms with E-state index >= 15 is 0 Å². The second kappa shape index (κ2) is 8.94. The Morgan fingerprint density at radius 3 is 2.34 bits per heavy atom. The summed E-state index contributed by atoms with van der Waals surface area (Å²) in [4.78, 5) is 27.7. The molecule has 0 atom stereocenters. The predicted octanol–water partition coefficient (Wildman–Crippen LogP) is 4.24. The molecule has 0 spiro atoms. The maximum absolute atomic E-state index is 12.1. The molecule has 4 N–H and O–H groups in total. The fourth-order valence-electron chi connectivity index (χ4n) is 2.35. The summed E-state index contributed by atoms with van der Waals surface area (Å²) in [6.45, 7) is 0. The van der Waals surface area contributed by atoms with Gasteiger partial charge in [0.1, 0.15) is 22.9 Å². The molecule has 0 bridgehead atoms. The minimum absolute atomic E-state index is 0.123. The van der Waals surface area contributed by atoms with Crippen molar-refractivity contribution in [2.24, 2.45) is 0 Å². The van der Waals surface area contributed by atoms with Crippen molar-refractivity contribution in [1.29, 1.82) is 0 Å². The molecule has 0 saturated heterocycles. The number of hydrogen-bond acceptors (Lipinski definition) is 5. The molecule has 3 aromatic rings. The number of ether oxygens (including phenoxy) is 1. The number of hydrogen-bond donors (Lipinski definition) is 4. The van der Waals surface area contributed by atoms with Gasteiger partial charge in [0.25, 0.3) is 5.91 Å². The first-order chi connectivity index (χ1) is 13.9. The molecule has 9 heteroatoms. The van der Waals surface area contributed by atoms with Gasteiger partial charge in [-0.05, 0) is 42.5 Å². The molecule has 0 unspecified atom stereocenters. The molecule has 3 rings (SSSR count). The van der Waals surface area contributed by atoms with Gasteiger partial charge in [0.15, 0.2) is 0 Å². The van der Waals surface area contributed by atoms with Gasteiger partial charge in [-0.1, -0.05) is 11.6 Å². The van der Waals surface area contributed by atoms with E-state index in [-0.39, 0.29) is 22.4 Å². The number of phenolic OH excluding ortho intramolecular Hbond substituents is 1. The maximum Gasteiger partial charge on any atom is 0.323 e. The summed E-state index contributed by atoms with van der Waals surface area (Å²) < 4.78 is 5.71. The Morgan fingerprint density at radius 1 is 0.966 bits per heavy atom. The van der Waals surface area contributed by atoms with Crippen molar-refractivity contribution in [3.8, 4) is 17.2 Å². The second-order valence-corrected chi connectivity index (χ2v) is 6.23. The first-order valence-corrected chi connectivity index (χ1v) is 8.85. The van der Waals surface area contributed by atoms with E-state index in [1.807, 2.05) is 0 Å². The second-order valence-electron chi connectivity index (χ2n) is 5.83. The van der Waals surface area contributed by atoms with Crippen LogP contribution in [0, 0.1) is 0 Å². The van der Waals surface area contributed by atoms with Crippen LogP contribution < -0.4 is 20.7 Å². The van der Waals surface area contributed by atoms with Crippen LogP contribution >= 0.6 is 11.6 Å². The number of carbonyl (C=O) groups excluding carboxylic acids is 2. The summed E-state index contributed by atoms with van der Waals surface area (Å²) in [6, 6.07) is 13.7. The zero-order valence-corrected chi connectivity index (χ0v) is 16.0. The smallest absolute Gasteiger partial charge is 0.323 e. The SMILES string of the molecule is CNC(=O)c1cc(Oc2ccc(NC(=O)Nc3ccc(Cl)c(O)c3)cc2)ccn1. The number of carbonyl (C=O) groups is 2. The molecule has 0 radical (unpaired) electrons. The molecule has 8 nitrogen and oxygen atoms in total. The number of aromatic hydroxyl groups is 1. The lowest BCUT2D eigenvalue weighted by Gasteiger charge is -2.10. The number of halogens is 1. The van der Waals surface area contributed by atoms with Crippen LogP contribution in [0.25, 0.3) is 0 Å². The third-order valence-corrected chi connectivity index (χ3v) is 4.06. The monoisotopic (exact) mass is 412 g/mol. The lowest BCUT2D eigenvalue weighted by atomic mass is 10.3. The Hall–Kier alpha value is -3.78. The van der Waals surface area contributed by atoms with Crippen molar-refractivity contribution >= 4 is 34.9 Å². The van der Waals surface area contributed by atoms with E-state index in [0.29, 0.717) is 22.9 Å². The van der Waals surface area contributed by atoms with E-state index in [2.05, 4.69) is 20.9 Å². The number of benzene rings is 2. The van der Waals surface area contributed by atoms with E-state index in [9.17, 15) is 14.7 Å². The van der Waals surface area contributed by atoms with Crippen molar-refractivity contribution in [2.75, 3.05) is 17.7 Å². The number of rotatable bonds is 5. The minimum atomic E-state index is -0.482. The molecule has 29 heavy (non-hydrogen) atoms. The Morgan fingerprint density at radius 2 is 1.66 bits per heavy atom. The molecule has 0 aliphatic heterocycles. The van der Waals surface area contributed by atoms with Gasteiger partial charge in [-0.3, -0.25) is 9.78 Å². The summed E-state index contributed by atoms with van der Waals surface area (Å²) in [6.07, 6.45) is 1.48. The van der Waals surface area contributed by atoms with Gasteiger partial charge >= 0.3 is 6.03 Å². The third kappa shape index (κ3) is 5.36. The fourth-order valence-corrected chi connectivity index (χ4v) is 2.47. The molecule has 3 amide bonds. The minimum Gasteiger partial charge on any atom is -0.506 e. The van der Waals surface area contributed by atoms with Crippen LogP contribution in [0.15, 0.2) is 60.8 Å². The first kappa shape index (κ1) is 20.0. The molecule has 0 saturated carbocycles. The van der Waals surface area contributed by atoms with Crippen molar-refractivity contribution in [3.63, 3.8) is 0 Å². The lowest BCUT2D eigenvalue weighted by Crippen LogP contribution is -2.19. The van der Waals surface area contributed by atoms with E-state index in [1.165, 1.54) is 31.4 Å². The van der Waals surface area contributed by atoms with Gasteiger partial charge in [0, 0.05) is 36.8 Å². The lowest BCUT2D eigenvalue weighted by molar-refractivity contribution is 0.0958. The van der Waals surface area contributed by atoms with Crippen molar-refractivity contribution in [2.45, 2.75) is 0 Å². The molecular formula is C20H17ClN4O4. The molecule has 1 heterocycles. The zero-order valence-electron chi connectivity index (χ0n) is 15.3. The predicted molar refractivity (Wildman–Crippen MR) is 110 cm³/mol. The van der Waals surface area contributed by atoms with Crippen molar-refractivity contribution in [1.82, 2.24) is 10.3 Å². The van der Waals surface area contributed by atoms with E-state index in [1.54, 1.807) is 36.4 Å². The van der Waals surface area contributed by atoms with Crippen LogP contribution in [0.2, 0.25) is 5.02 Å². The van der Waals surface area contributed by atoms with Gasteiger partial charge in [-0.25, -0.2) is 4.79 Å². The van der Waals surface area contributed by atoms with Crippen LogP contribution in [-0.4, -0.2) is 29.1 Å². The summed E-state index contributed by atoms with van der Waals surface area (Å²) in [5, 5.41) is 17.5. The first-order valence-electron chi connectivity index (χ1n) is 8.47. The Balaban J connectivity index is 1.60. The molecule has 2 aromatic carbocycles. The number of anilines is 2. The third-order valence-electron chi connectivity index (χ3n) is 3.74. The summed E-state index contributed by atoms with van der Waals surface area (Å²) in [7, 11) is 1.52. The molecule has 0 fully saturated rings. The van der Waals surface area contributed by atoms with Crippen LogP contribution in [0.3, 0.4) is 0 Å². The van der Waals surface area contributed by atoms with E-state index < -0.39 is 6.03 Å². The highest BCUT2D eigenvalue weighted by Gasteiger charge is 2.08. The average Bonchev–Trinajstić information content (AvgIpc) is 2.72. The summed E-state index contributed by atoms with van der Waals surface area (Å²) in [5.74, 6) is 0.545. The number of amides is 3. The quantitative estimate of drug-likeness (QED) is 0.500. The van der Waals surface area contributed by atoms with Gasteiger partial charge in [-0.2, -0.15) is 0 Å². The number of aromatic nitrogens is 1. The van der Waals surface area contributed by atoms with E-state index in [4.69, 9.17) is 16.3 Å². The fraction of sp³-hybridized carbons (Fsp3) is 0.0500. The number of urea groups is 1. The van der Waals surface area contributed by atoms with Crippen LogP contribution in [0.4, 0.5) is 16.2 Å². The number of nitrogens with zero attached hydrogens (tertiary/aromatic N) is 1. The summed E-state index contributed by atoms with van der Waals surface area (Å²) in [5.41, 5.74) is 1.18. The molecular weight excluding hydrogens is 396 g/mol. The van der Waals surface area contributed by atoms with Crippen LogP contribution in [0.1, 0.15) is 10.5 Å². The average molecular weight is 413 g/mol. The van der Waals surface area contributed by atoms with Gasteiger partial charge in [-0.15, -0.1) is 0 Å². The molecule has 1 aromatic heterocycles. The Labute approximate surface area is 171 Å². The standard InChI is InChI=1S/C20H17ClN4O4/c1-22-19(27)17-11-15(8-9-23-17)29-14-5-2-12(3-6-14)24-20(28)25-13-4-7-16(21)18(26)10-13/h2-11,26H,1H3,(H,22,27)(H2,24,25,28). The van der Waals surface area contributed by atoms with Crippen molar-refractivity contribution < 1.29 is 19.4 Å². The Kier molecular flexibility index (Phi) is 6.16. The zero-order chi connectivity index (χ0) is 20.8. The Bertz CT molecular complexity index is 1040. The van der Waals surface area contributed by atoms with E-state index in [0.717, 1.165) is 0 Å². The number of nitrogens with one attached hydrogen (secondary N) is 3. The molecule has 0 aliphatic rings. The number of phenols is 1. The van der Waals surface area contributed by atoms with Gasteiger partial charge < -0.3 is 25.8 Å². The van der Waals surface area contributed by atoms with Gasteiger partial charge in [0.05, 0.1) is 5.02 Å². The highest BCUT2D eigenvalue weighted by molar-refractivity contribution is 6.32. The topological polar surface area (TPSA) is 113 Å². The van der Waals surface area contributed by atoms with Crippen LogP contribution in [-0.2, 0) is 0 Å². The highest BCUT2D eigenvalue weighted by atomic mass is 35.5. The maximum atomic E-state index is 12.1. The number of pyridine rings is 1. The molecule has 0 aliphatic carbocycles. The highest BCUT2D eigenvalue weighted by Crippen LogP contribution is 2.26. The van der Waals surface area contributed by atoms with Crippen molar-refractivity contribution in [3.05, 3.63) is 71.5 Å². The largest absolute Gasteiger partial charge is 0.506 e.